The Labute approximate surface area is 206 Å². The quantitative estimate of drug-likeness (QED) is 0.441. The van der Waals surface area contributed by atoms with Gasteiger partial charge in [-0.25, -0.2) is 0 Å². The van der Waals surface area contributed by atoms with Crippen molar-refractivity contribution < 1.29 is 14.3 Å². The van der Waals surface area contributed by atoms with E-state index in [2.05, 4.69) is 20.8 Å². The molecule has 0 aliphatic heterocycles. The van der Waals surface area contributed by atoms with Crippen LogP contribution in [0.1, 0.15) is 58.2 Å². The van der Waals surface area contributed by atoms with E-state index in [0.717, 1.165) is 60.8 Å². The molecule has 3 aromatic rings. The second-order valence-electron chi connectivity index (χ2n) is 8.61. The molecule has 5 rings (SSSR count). The number of carbonyl (C=O) groups is 2. The molecule has 0 bridgehead atoms. The van der Waals surface area contributed by atoms with Gasteiger partial charge in [0.1, 0.15) is 16.6 Å². The molecule has 10 heteroatoms. The summed E-state index contributed by atoms with van der Waals surface area (Å²) in [5, 5.41) is 15.9. The minimum absolute atomic E-state index is 0.155. The monoisotopic (exact) mass is 497 g/mol. The molecular weight excluding hydrogens is 470 g/mol. The number of aromatic nitrogens is 3. The summed E-state index contributed by atoms with van der Waals surface area (Å²) in [6.07, 6.45) is 6.25. The van der Waals surface area contributed by atoms with Crippen molar-refractivity contribution in [3.63, 3.8) is 0 Å². The molecule has 0 saturated heterocycles. The number of benzene rings is 1. The highest BCUT2D eigenvalue weighted by Crippen LogP contribution is 2.40. The maximum Gasteiger partial charge on any atom is 0.258 e. The highest BCUT2D eigenvalue weighted by molar-refractivity contribution is 7.99. The van der Waals surface area contributed by atoms with Crippen LogP contribution >= 0.6 is 23.1 Å². The molecule has 34 heavy (non-hydrogen) atoms. The van der Waals surface area contributed by atoms with E-state index < -0.39 is 0 Å². The molecule has 0 unspecified atom stereocenters. The number of methoxy groups -OCH3 is 1. The van der Waals surface area contributed by atoms with Gasteiger partial charge < -0.3 is 19.9 Å². The van der Waals surface area contributed by atoms with Crippen molar-refractivity contribution in [1.29, 1.82) is 0 Å². The van der Waals surface area contributed by atoms with Crippen LogP contribution < -0.4 is 15.4 Å². The fourth-order valence-corrected chi connectivity index (χ4v) is 6.22. The Balaban J connectivity index is 1.30. The number of anilines is 2. The highest BCUT2D eigenvalue weighted by Gasteiger charge is 2.30. The van der Waals surface area contributed by atoms with Crippen molar-refractivity contribution in [3.05, 3.63) is 46.1 Å². The van der Waals surface area contributed by atoms with Gasteiger partial charge in [0, 0.05) is 23.5 Å². The van der Waals surface area contributed by atoms with Gasteiger partial charge in [-0.1, -0.05) is 11.8 Å². The number of nitrogens with one attached hydrogen (secondary N) is 2. The van der Waals surface area contributed by atoms with Gasteiger partial charge in [-0.3, -0.25) is 9.59 Å². The van der Waals surface area contributed by atoms with Gasteiger partial charge in [0.15, 0.2) is 5.16 Å². The van der Waals surface area contributed by atoms with E-state index in [-0.39, 0.29) is 17.6 Å². The number of thiophene rings is 1. The van der Waals surface area contributed by atoms with Gasteiger partial charge in [0.2, 0.25) is 5.91 Å². The number of rotatable bonds is 8. The van der Waals surface area contributed by atoms with Crippen LogP contribution in [0.15, 0.2) is 29.4 Å². The summed E-state index contributed by atoms with van der Waals surface area (Å²) < 4.78 is 7.17. The van der Waals surface area contributed by atoms with Crippen LogP contribution in [-0.4, -0.2) is 39.4 Å². The lowest BCUT2D eigenvalue weighted by Gasteiger charge is -2.13. The second kappa shape index (κ2) is 9.79. The molecule has 2 aromatic heterocycles. The van der Waals surface area contributed by atoms with E-state index in [1.165, 1.54) is 28.0 Å². The summed E-state index contributed by atoms with van der Waals surface area (Å²) in [6.45, 7) is 0. The number of ether oxygens (including phenoxy) is 1. The van der Waals surface area contributed by atoms with Crippen molar-refractivity contribution >= 4 is 45.6 Å². The summed E-state index contributed by atoms with van der Waals surface area (Å²) in [5.41, 5.74) is 2.33. The van der Waals surface area contributed by atoms with E-state index in [1.54, 1.807) is 31.4 Å². The van der Waals surface area contributed by atoms with Crippen LogP contribution in [0, 0.1) is 0 Å². The third-order valence-corrected chi connectivity index (χ3v) is 8.37. The van der Waals surface area contributed by atoms with Gasteiger partial charge in [-0.15, -0.1) is 21.5 Å². The first kappa shape index (κ1) is 22.9. The van der Waals surface area contributed by atoms with Crippen LogP contribution in [0.25, 0.3) is 0 Å². The van der Waals surface area contributed by atoms with E-state index in [4.69, 9.17) is 4.74 Å². The summed E-state index contributed by atoms with van der Waals surface area (Å²) in [5.74, 6) is 2.08. The SMILES string of the molecule is COc1ccc(NC(=O)c2c(NC(=O)CSc3nnc(C4CC4)n3C)sc3c2CCCC3)cc1. The first-order valence-corrected chi connectivity index (χ1v) is 13.3. The molecule has 1 aromatic carbocycles. The van der Waals surface area contributed by atoms with E-state index in [9.17, 15) is 9.59 Å². The van der Waals surface area contributed by atoms with Crippen LogP contribution in [-0.2, 0) is 24.7 Å². The number of hydrogen-bond donors (Lipinski definition) is 2. The molecular formula is C24H27N5O3S2. The Morgan fingerprint density at radius 3 is 2.65 bits per heavy atom. The fraction of sp³-hybridized carbons (Fsp3) is 0.417. The van der Waals surface area contributed by atoms with Gasteiger partial charge in [-0.2, -0.15) is 0 Å². The zero-order valence-electron chi connectivity index (χ0n) is 19.2. The number of aryl methyl sites for hydroxylation is 1. The average molecular weight is 498 g/mol. The summed E-state index contributed by atoms with van der Waals surface area (Å²) in [4.78, 5) is 27.3. The Bertz CT molecular complexity index is 1210. The molecule has 2 amide bonds. The van der Waals surface area contributed by atoms with Crippen molar-refractivity contribution in [2.75, 3.05) is 23.5 Å². The molecule has 2 aliphatic rings. The number of nitrogens with zero attached hydrogens (tertiary/aromatic N) is 3. The van der Waals surface area contributed by atoms with Crippen LogP contribution in [0.4, 0.5) is 10.7 Å². The Morgan fingerprint density at radius 1 is 1.15 bits per heavy atom. The number of fused-ring (bicyclic) bond motifs is 1. The highest BCUT2D eigenvalue weighted by atomic mass is 32.2. The predicted molar refractivity (Wildman–Crippen MR) is 134 cm³/mol. The molecule has 2 heterocycles. The lowest BCUT2D eigenvalue weighted by molar-refractivity contribution is -0.113. The molecule has 1 saturated carbocycles. The fourth-order valence-electron chi connectivity index (χ4n) is 4.20. The van der Waals surface area contributed by atoms with Gasteiger partial charge in [-0.05, 0) is 68.4 Å². The standard InChI is InChI=1S/C24H27N5O3S2/c1-29-21(14-7-8-14)27-28-24(29)33-13-19(30)26-23-20(17-5-3-4-6-18(17)34-23)22(31)25-15-9-11-16(32-2)12-10-15/h9-12,14H,3-8,13H2,1-2H3,(H,25,31)(H,26,30). The van der Waals surface area contributed by atoms with E-state index in [0.29, 0.717) is 22.2 Å². The van der Waals surface area contributed by atoms with Crippen LogP contribution in [0.3, 0.4) is 0 Å². The minimum Gasteiger partial charge on any atom is -0.497 e. The summed E-state index contributed by atoms with van der Waals surface area (Å²) in [7, 11) is 3.55. The topological polar surface area (TPSA) is 98.1 Å². The number of hydrogen-bond acceptors (Lipinski definition) is 7. The van der Waals surface area contributed by atoms with Crippen molar-refractivity contribution in [3.8, 4) is 5.75 Å². The number of carbonyl (C=O) groups excluding carboxylic acids is 2. The van der Waals surface area contributed by atoms with E-state index >= 15 is 0 Å². The maximum absolute atomic E-state index is 13.3. The summed E-state index contributed by atoms with van der Waals surface area (Å²) in [6, 6.07) is 7.22. The van der Waals surface area contributed by atoms with Gasteiger partial charge >= 0.3 is 0 Å². The summed E-state index contributed by atoms with van der Waals surface area (Å²) >= 11 is 2.89. The van der Waals surface area contributed by atoms with Gasteiger partial charge in [0.25, 0.3) is 5.91 Å². The normalized spacial score (nSPS) is 15.0. The molecule has 0 spiro atoms. The third kappa shape index (κ3) is 4.83. The Morgan fingerprint density at radius 2 is 1.91 bits per heavy atom. The van der Waals surface area contributed by atoms with Crippen molar-refractivity contribution in [1.82, 2.24) is 14.8 Å². The number of amides is 2. The van der Waals surface area contributed by atoms with Crippen molar-refractivity contribution in [2.24, 2.45) is 7.05 Å². The lowest BCUT2D eigenvalue weighted by Crippen LogP contribution is -2.19. The predicted octanol–water partition coefficient (Wildman–Crippen LogP) is 4.62. The molecule has 0 atom stereocenters. The van der Waals surface area contributed by atoms with Crippen LogP contribution in [0.2, 0.25) is 0 Å². The van der Waals surface area contributed by atoms with E-state index in [1.807, 2.05) is 11.6 Å². The molecule has 178 valence electrons. The first-order valence-electron chi connectivity index (χ1n) is 11.5. The third-order valence-electron chi connectivity index (χ3n) is 6.14. The zero-order chi connectivity index (χ0) is 23.7. The molecule has 2 aliphatic carbocycles. The minimum atomic E-state index is -0.199. The second-order valence-corrected chi connectivity index (χ2v) is 10.7. The maximum atomic E-state index is 13.3. The molecule has 2 N–H and O–H groups in total. The van der Waals surface area contributed by atoms with Crippen LogP contribution in [0.5, 0.6) is 5.75 Å². The molecule has 1 fully saturated rings. The molecule has 0 radical (unpaired) electrons. The first-order chi connectivity index (χ1) is 16.5. The van der Waals surface area contributed by atoms with Gasteiger partial charge in [0.05, 0.1) is 18.4 Å². The lowest BCUT2D eigenvalue weighted by atomic mass is 9.95. The Hall–Kier alpha value is -2.85. The number of thioether (sulfide) groups is 1. The Kier molecular flexibility index (Phi) is 6.60. The largest absolute Gasteiger partial charge is 0.497 e. The van der Waals surface area contributed by atoms with Crippen molar-refractivity contribution in [2.45, 2.75) is 49.6 Å². The zero-order valence-corrected chi connectivity index (χ0v) is 20.9. The molecule has 8 nitrogen and oxygen atoms in total. The smallest absolute Gasteiger partial charge is 0.258 e. The average Bonchev–Trinajstić information content (AvgIpc) is 3.52.